The van der Waals surface area contributed by atoms with Crippen molar-refractivity contribution in [1.29, 1.82) is 0 Å². The Morgan fingerprint density at radius 1 is 1.27 bits per heavy atom. The fourth-order valence-corrected chi connectivity index (χ4v) is 2.10. The number of carbonyl (C=O) groups excluding carboxylic acids is 2. The minimum atomic E-state index is -0.393. The third kappa shape index (κ3) is 2.54. The number of hydrogen-bond acceptors (Lipinski definition) is 5. The molecule has 0 aliphatic heterocycles. The zero-order valence-corrected chi connectivity index (χ0v) is 9.06. The number of ketones is 1. The molecule has 1 aliphatic carbocycles. The lowest BCUT2D eigenvalue weighted by Gasteiger charge is -2.14. The van der Waals surface area contributed by atoms with E-state index in [0.29, 0.717) is 12.8 Å². The molecular formula is C10H17NO4. The predicted octanol–water partition coefficient (Wildman–Crippen LogP) is -0.272. The van der Waals surface area contributed by atoms with Crippen molar-refractivity contribution >= 4 is 11.8 Å². The maximum Gasteiger partial charge on any atom is 0.309 e. The Bertz CT molecular complexity index is 230. The SMILES string of the molecule is COC(=O)C1C[C@@H](OC)CC1C(=O)CN. The number of nitrogens with two attached hydrogens (primary N) is 1. The molecule has 0 spiro atoms. The topological polar surface area (TPSA) is 78.6 Å². The Hall–Kier alpha value is -0.940. The summed E-state index contributed by atoms with van der Waals surface area (Å²) in [5, 5.41) is 0. The zero-order valence-electron chi connectivity index (χ0n) is 9.06. The lowest BCUT2D eigenvalue weighted by atomic mass is 9.92. The van der Waals surface area contributed by atoms with Crippen molar-refractivity contribution in [2.24, 2.45) is 17.6 Å². The third-order valence-electron chi connectivity index (χ3n) is 2.97. The molecule has 0 heterocycles. The van der Waals surface area contributed by atoms with Crippen LogP contribution in [-0.4, -0.2) is 38.6 Å². The number of hydrogen-bond donors (Lipinski definition) is 1. The molecule has 0 bridgehead atoms. The molecule has 1 rings (SSSR count). The summed E-state index contributed by atoms with van der Waals surface area (Å²) in [6, 6.07) is 0. The van der Waals surface area contributed by atoms with Gasteiger partial charge in [-0.3, -0.25) is 9.59 Å². The van der Waals surface area contributed by atoms with Crippen molar-refractivity contribution in [2.45, 2.75) is 18.9 Å². The van der Waals surface area contributed by atoms with Crippen molar-refractivity contribution in [3.63, 3.8) is 0 Å². The van der Waals surface area contributed by atoms with Crippen LogP contribution in [0.1, 0.15) is 12.8 Å². The van der Waals surface area contributed by atoms with Crippen LogP contribution >= 0.6 is 0 Å². The molecule has 15 heavy (non-hydrogen) atoms. The summed E-state index contributed by atoms with van der Waals surface area (Å²) in [6.45, 7) is -0.0331. The van der Waals surface area contributed by atoms with Crippen LogP contribution in [0, 0.1) is 11.8 Å². The van der Waals surface area contributed by atoms with E-state index < -0.39 is 5.92 Å². The number of methoxy groups -OCH3 is 2. The Morgan fingerprint density at radius 3 is 2.33 bits per heavy atom. The van der Waals surface area contributed by atoms with Crippen LogP contribution in [0.5, 0.6) is 0 Å². The highest BCUT2D eigenvalue weighted by molar-refractivity contribution is 5.88. The second kappa shape index (κ2) is 5.23. The monoisotopic (exact) mass is 215 g/mol. The highest BCUT2D eigenvalue weighted by Gasteiger charge is 2.42. The maximum atomic E-state index is 11.5. The third-order valence-corrected chi connectivity index (χ3v) is 2.97. The zero-order chi connectivity index (χ0) is 11.4. The number of ether oxygens (including phenoxy) is 2. The van der Waals surface area contributed by atoms with Gasteiger partial charge in [-0.2, -0.15) is 0 Å². The standard InChI is InChI=1S/C10H17NO4/c1-14-6-3-7(9(12)5-11)8(4-6)10(13)15-2/h6-8H,3-5,11H2,1-2H3/t6-,7?,8?/m0/s1. The molecule has 2 unspecified atom stereocenters. The van der Waals surface area contributed by atoms with Crippen LogP contribution in [0.25, 0.3) is 0 Å². The number of rotatable bonds is 4. The van der Waals surface area contributed by atoms with Crippen LogP contribution in [0.4, 0.5) is 0 Å². The minimum absolute atomic E-state index is 0.0331. The molecule has 86 valence electrons. The van der Waals surface area contributed by atoms with Gasteiger partial charge in [0.05, 0.1) is 25.7 Å². The second-order valence-corrected chi connectivity index (χ2v) is 3.74. The highest BCUT2D eigenvalue weighted by Crippen LogP contribution is 2.34. The molecule has 1 saturated carbocycles. The molecule has 1 aliphatic rings. The molecule has 0 amide bonds. The van der Waals surface area contributed by atoms with Crippen molar-refractivity contribution in [1.82, 2.24) is 0 Å². The molecule has 0 aromatic heterocycles. The number of Topliss-reactive ketones (excluding diaryl/α,β-unsaturated/α-hetero) is 1. The van der Waals surface area contributed by atoms with E-state index in [9.17, 15) is 9.59 Å². The van der Waals surface area contributed by atoms with Crippen molar-refractivity contribution < 1.29 is 19.1 Å². The molecule has 0 radical (unpaired) electrons. The van der Waals surface area contributed by atoms with Gasteiger partial charge in [-0.05, 0) is 12.8 Å². The van der Waals surface area contributed by atoms with Gasteiger partial charge in [0.2, 0.25) is 0 Å². The smallest absolute Gasteiger partial charge is 0.309 e. The van der Waals surface area contributed by atoms with Crippen molar-refractivity contribution in [3.05, 3.63) is 0 Å². The van der Waals surface area contributed by atoms with E-state index in [0.717, 1.165) is 0 Å². The highest BCUT2D eigenvalue weighted by atomic mass is 16.5. The van der Waals surface area contributed by atoms with Gasteiger partial charge in [-0.15, -0.1) is 0 Å². The molecule has 2 N–H and O–H groups in total. The molecule has 0 aromatic carbocycles. The lowest BCUT2D eigenvalue weighted by molar-refractivity contribution is -0.148. The molecule has 0 saturated heterocycles. The molecule has 0 aromatic rings. The van der Waals surface area contributed by atoms with Gasteiger partial charge in [0, 0.05) is 13.0 Å². The van der Waals surface area contributed by atoms with Gasteiger partial charge in [0.1, 0.15) is 5.78 Å². The summed E-state index contributed by atoms with van der Waals surface area (Å²) in [4.78, 5) is 23.0. The number of carbonyl (C=O) groups is 2. The summed E-state index contributed by atoms with van der Waals surface area (Å²) < 4.78 is 9.82. The van der Waals surface area contributed by atoms with Gasteiger partial charge in [0.25, 0.3) is 0 Å². The molecular weight excluding hydrogens is 198 g/mol. The molecule has 1 fully saturated rings. The van der Waals surface area contributed by atoms with Crippen LogP contribution in [-0.2, 0) is 19.1 Å². The van der Waals surface area contributed by atoms with Gasteiger partial charge in [-0.25, -0.2) is 0 Å². The lowest BCUT2D eigenvalue weighted by Crippen LogP contribution is -2.30. The van der Waals surface area contributed by atoms with Gasteiger partial charge in [-0.1, -0.05) is 0 Å². The Kier molecular flexibility index (Phi) is 4.23. The first-order chi connectivity index (χ1) is 7.13. The van der Waals surface area contributed by atoms with E-state index in [1.807, 2.05) is 0 Å². The Labute approximate surface area is 88.9 Å². The van der Waals surface area contributed by atoms with E-state index in [-0.39, 0.29) is 30.3 Å². The maximum absolute atomic E-state index is 11.5. The quantitative estimate of drug-likeness (QED) is 0.653. The van der Waals surface area contributed by atoms with E-state index in [1.54, 1.807) is 7.11 Å². The first-order valence-corrected chi connectivity index (χ1v) is 4.97. The molecule has 5 nitrogen and oxygen atoms in total. The Balaban J connectivity index is 2.73. The normalized spacial score (nSPS) is 30.2. The van der Waals surface area contributed by atoms with E-state index >= 15 is 0 Å². The summed E-state index contributed by atoms with van der Waals surface area (Å²) >= 11 is 0. The van der Waals surface area contributed by atoms with E-state index in [4.69, 9.17) is 10.5 Å². The first-order valence-electron chi connectivity index (χ1n) is 4.97. The summed E-state index contributed by atoms with van der Waals surface area (Å²) in [6.07, 6.45) is 1.06. The number of esters is 1. The van der Waals surface area contributed by atoms with Crippen LogP contribution in [0.15, 0.2) is 0 Å². The Morgan fingerprint density at radius 2 is 1.87 bits per heavy atom. The van der Waals surface area contributed by atoms with Crippen LogP contribution in [0.3, 0.4) is 0 Å². The summed E-state index contributed by atoms with van der Waals surface area (Å²) in [5.41, 5.74) is 5.30. The van der Waals surface area contributed by atoms with Crippen molar-refractivity contribution in [2.75, 3.05) is 20.8 Å². The van der Waals surface area contributed by atoms with E-state index in [2.05, 4.69) is 4.74 Å². The summed E-state index contributed by atoms with van der Waals surface area (Å²) in [5.74, 6) is -1.17. The average molecular weight is 215 g/mol. The second-order valence-electron chi connectivity index (χ2n) is 3.74. The van der Waals surface area contributed by atoms with Gasteiger partial charge < -0.3 is 15.2 Å². The van der Waals surface area contributed by atoms with Crippen LogP contribution in [0.2, 0.25) is 0 Å². The van der Waals surface area contributed by atoms with Gasteiger partial charge in [0.15, 0.2) is 0 Å². The largest absolute Gasteiger partial charge is 0.469 e. The van der Waals surface area contributed by atoms with Crippen LogP contribution < -0.4 is 5.73 Å². The fraction of sp³-hybridized carbons (Fsp3) is 0.800. The molecule has 5 heteroatoms. The molecule has 3 atom stereocenters. The van der Waals surface area contributed by atoms with Crippen molar-refractivity contribution in [3.8, 4) is 0 Å². The minimum Gasteiger partial charge on any atom is -0.469 e. The fourth-order valence-electron chi connectivity index (χ4n) is 2.10. The summed E-state index contributed by atoms with van der Waals surface area (Å²) in [7, 11) is 2.90. The predicted molar refractivity (Wildman–Crippen MR) is 53.1 cm³/mol. The first kappa shape index (κ1) is 12.1. The van der Waals surface area contributed by atoms with E-state index in [1.165, 1.54) is 7.11 Å². The van der Waals surface area contributed by atoms with Gasteiger partial charge >= 0.3 is 5.97 Å². The average Bonchev–Trinajstić information content (AvgIpc) is 2.70.